The van der Waals surface area contributed by atoms with Crippen LogP contribution < -0.4 is 20.7 Å². The molecule has 3 amide bonds. The van der Waals surface area contributed by atoms with E-state index in [4.69, 9.17) is 4.74 Å². The van der Waals surface area contributed by atoms with Crippen molar-refractivity contribution in [3.05, 3.63) is 65.7 Å². The van der Waals surface area contributed by atoms with E-state index in [1.54, 1.807) is 36.4 Å². The van der Waals surface area contributed by atoms with Gasteiger partial charge in [-0.1, -0.05) is 49.6 Å². The number of hydrogen-bond donors (Lipinski definition) is 3. The number of benzene rings is 2. The fourth-order valence-electron chi connectivity index (χ4n) is 3.02. The van der Waals surface area contributed by atoms with Crippen LogP contribution in [0.2, 0.25) is 0 Å². The van der Waals surface area contributed by atoms with E-state index in [0.717, 1.165) is 32.1 Å². The van der Waals surface area contributed by atoms with E-state index < -0.39 is 5.82 Å². The minimum atomic E-state index is -0.419. The number of halogens is 2. The number of carbonyl (C=O) groups is 2. The molecule has 2 rings (SSSR count). The fourth-order valence-corrected chi connectivity index (χ4v) is 3.02. The van der Waals surface area contributed by atoms with Gasteiger partial charge in [0.2, 0.25) is 5.91 Å². The summed E-state index contributed by atoms with van der Waals surface area (Å²) < 4.78 is 32.2. The molecule has 0 heterocycles. The van der Waals surface area contributed by atoms with Gasteiger partial charge in [-0.15, -0.1) is 0 Å². The lowest BCUT2D eigenvalue weighted by molar-refractivity contribution is -0.121. The molecule has 0 aliphatic rings. The van der Waals surface area contributed by atoms with Gasteiger partial charge in [0, 0.05) is 25.1 Å². The third-order valence-electron chi connectivity index (χ3n) is 4.78. The van der Waals surface area contributed by atoms with E-state index >= 15 is 0 Å². The molecule has 2 aromatic carbocycles. The summed E-state index contributed by atoms with van der Waals surface area (Å²) in [4.78, 5) is 23.5. The van der Waals surface area contributed by atoms with Crippen LogP contribution in [0.3, 0.4) is 0 Å². The highest BCUT2D eigenvalue weighted by atomic mass is 19.1. The molecule has 6 nitrogen and oxygen atoms in total. The molecule has 0 bridgehead atoms. The molecule has 2 aromatic rings. The van der Waals surface area contributed by atoms with Gasteiger partial charge in [0.05, 0.1) is 6.54 Å². The molecule has 0 spiro atoms. The molecule has 0 radical (unpaired) electrons. The zero-order valence-electron chi connectivity index (χ0n) is 18.2. The van der Waals surface area contributed by atoms with Gasteiger partial charge in [0.25, 0.3) is 0 Å². The van der Waals surface area contributed by atoms with E-state index in [1.165, 1.54) is 12.1 Å². The summed E-state index contributed by atoms with van der Waals surface area (Å²) >= 11 is 0. The normalized spacial score (nSPS) is 10.4. The van der Waals surface area contributed by atoms with Crippen molar-refractivity contribution in [2.24, 2.45) is 0 Å². The van der Waals surface area contributed by atoms with Crippen molar-refractivity contribution in [1.29, 1.82) is 0 Å². The Labute approximate surface area is 187 Å². The van der Waals surface area contributed by atoms with Crippen LogP contribution in [0.15, 0.2) is 48.5 Å². The molecule has 0 atom stereocenters. The Bertz CT molecular complexity index is 849. The highest BCUT2D eigenvalue weighted by Crippen LogP contribution is 2.14. The molecule has 8 heteroatoms. The van der Waals surface area contributed by atoms with Crippen molar-refractivity contribution in [2.45, 2.75) is 45.1 Å². The highest BCUT2D eigenvalue weighted by Gasteiger charge is 2.05. The number of urea groups is 1. The highest BCUT2D eigenvalue weighted by molar-refractivity contribution is 5.75. The Hall–Kier alpha value is -3.16. The molecule has 3 N–H and O–H groups in total. The van der Waals surface area contributed by atoms with Crippen molar-refractivity contribution >= 4 is 11.9 Å². The number of para-hydroxylation sites is 1. The van der Waals surface area contributed by atoms with E-state index in [9.17, 15) is 18.4 Å². The number of rotatable bonds is 14. The first-order valence-corrected chi connectivity index (χ1v) is 11.0. The summed E-state index contributed by atoms with van der Waals surface area (Å²) in [6.45, 7) is 1.24. The zero-order chi connectivity index (χ0) is 23.0. The van der Waals surface area contributed by atoms with Crippen LogP contribution in [0.25, 0.3) is 0 Å². The van der Waals surface area contributed by atoms with Crippen LogP contribution >= 0.6 is 0 Å². The maximum Gasteiger partial charge on any atom is 0.315 e. The molecule has 0 saturated heterocycles. The summed E-state index contributed by atoms with van der Waals surface area (Å²) in [5, 5.41) is 8.15. The van der Waals surface area contributed by atoms with Crippen molar-refractivity contribution in [3.63, 3.8) is 0 Å². The third-order valence-corrected chi connectivity index (χ3v) is 4.78. The molecule has 32 heavy (non-hydrogen) atoms. The van der Waals surface area contributed by atoms with Gasteiger partial charge in [-0.05, 0) is 31.0 Å². The standard InChI is InChI=1S/C24H31F2N3O3/c25-20-11-6-5-10-19(20)18-29-24(31)28-15-9-3-1-2-4-14-23(30)27-16-17-32-22-13-8-7-12-21(22)26/h5-8,10-13H,1-4,9,14-18H2,(H,27,30)(H2,28,29,31). The molecule has 0 aliphatic carbocycles. The maximum absolute atomic E-state index is 13.5. The van der Waals surface area contributed by atoms with Crippen LogP contribution in [-0.4, -0.2) is 31.6 Å². The summed E-state index contributed by atoms with van der Waals surface area (Å²) in [6.07, 6.45) is 4.92. The van der Waals surface area contributed by atoms with Crippen LogP contribution in [0, 0.1) is 11.6 Å². The SMILES string of the molecule is O=C(CCCCCCCNC(=O)NCc1ccccc1F)NCCOc1ccccc1F. The van der Waals surface area contributed by atoms with Crippen molar-refractivity contribution in [3.8, 4) is 5.75 Å². The monoisotopic (exact) mass is 447 g/mol. The van der Waals surface area contributed by atoms with Crippen LogP contribution in [0.4, 0.5) is 13.6 Å². The molecule has 174 valence electrons. The Morgan fingerprint density at radius 2 is 1.44 bits per heavy atom. The second-order valence-electron chi connectivity index (χ2n) is 7.35. The van der Waals surface area contributed by atoms with Crippen molar-refractivity contribution in [2.75, 3.05) is 19.7 Å². The van der Waals surface area contributed by atoms with Gasteiger partial charge in [0.15, 0.2) is 11.6 Å². The summed E-state index contributed by atoms with van der Waals surface area (Å²) in [6, 6.07) is 12.2. The van der Waals surface area contributed by atoms with Gasteiger partial charge in [0.1, 0.15) is 12.4 Å². The average Bonchev–Trinajstić information content (AvgIpc) is 2.79. The Kier molecular flexibility index (Phi) is 11.6. The molecular weight excluding hydrogens is 416 g/mol. The van der Waals surface area contributed by atoms with E-state index in [1.807, 2.05) is 0 Å². The van der Waals surface area contributed by atoms with Crippen LogP contribution in [0.1, 0.15) is 44.1 Å². The lowest BCUT2D eigenvalue weighted by Crippen LogP contribution is -2.35. The van der Waals surface area contributed by atoms with Gasteiger partial charge in [-0.2, -0.15) is 0 Å². The second-order valence-corrected chi connectivity index (χ2v) is 7.35. The first-order valence-electron chi connectivity index (χ1n) is 11.0. The minimum absolute atomic E-state index is 0.0460. The van der Waals surface area contributed by atoms with Gasteiger partial charge >= 0.3 is 6.03 Å². The number of hydrogen-bond acceptors (Lipinski definition) is 3. The first-order chi connectivity index (χ1) is 15.6. The third kappa shape index (κ3) is 10.2. The quantitative estimate of drug-likeness (QED) is 0.378. The van der Waals surface area contributed by atoms with E-state index in [-0.39, 0.29) is 36.7 Å². The van der Waals surface area contributed by atoms with Crippen LogP contribution in [-0.2, 0) is 11.3 Å². The number of nitrogens with one attached hydrogen (secondary N) is 3. The molecule has 0 saturated carbocycles. The molecule has 0 aliphatic heterocycles. The topological polar surface area (TPSA) is 79.5 Å². The Balaban J connectivity index is 1.39. The Morgan fingerprint density at radius 3 is 2.22 bits per heavy atom. The van der Waals surface area contributed by atoms with Gasteiger partial charge in [-0.25, -0.2) is 13.6 Å². The number of ether oxygens (including phenoxy) is 1. The summed E-state index contributed by atoms with van der Waals surface area (Å²) in [5.74, 6) is -0.622. The predicted octanol–water partition coefficient (Wildman–Crippen LogP) is 4.30. The Morgan fingerprint density at radius 1 is 0.750 bits per heavy atom. The molecule has 0 aromatic heterocycles. The number of amides is 3. The smallest absolute Gasteiger partial charge is 0.315 e. The lowest BCUT2D eigenvalue weighted by atomic mass is 10.1. The van der Waals surface area contributed by atoms with E-state index in [2.05, 4.69) is 16.0 Å². The van der Waals surface area contributed by atoms with Crippen LogP contribution in [0.5, 0.6) is 5.75 Å². The number of unbranched alkanes of at least 4 members (excludes halogenated alkanes) is 4. The predicted molar refractivity (Wildman–Crippen MR) is 119 cm³/mol. The zero-order valence-corrected chi connectivity index (χ0v) is 18.2. The largest absolute Gasteiger partial charge is 0.489 e. The first kappa shape index (κ1) is 25.1. The van der Waals surface area contributed by atoms with Crippen molar-refractivity contribution in [1.82, 2.24) is 16.0 Å². The van der Waals surface area contributed by atoms with Gasteiger partial charge in [-0.3, -0.25) is 4.79 Å². The lowest BCUT2D eigenvalue weighted by Gasteiger charge is -2.09. The average molecular weight is 448 g/mol. The second kappa shape index (κ2) is 14.8. The van der Waals surface area contributed by atoms with Gasteiger partial charge < -0.3 is 20.7 Å². The summed E-state index contributed by atoms with van der Waals surface area (Å²) in [7, 11) is 0. The molecule has 0 fully saturated rings. The van der Waals surface area contributed by atoms with E-state index in [0.29, 0.717) is 25.1 Å². The summed E-state index contributed by atoms with van der Waals surface area (Å²) in [5.41, 5.74) is 0.448. The molecule has 0 unspecified atom stereocenters. The fraction of sp³-hybridized carbons (Fsp3) is 0.417. The van der Waals surface area contributed by atoms with Crippen molar-refractivity contribution < 1.29 is 23.1 Å². The maximum atomic E-state index is 13.5. The molecular formula is C24H31F2N3O3. The number of carbonyl (C=O) groups excluding carboxylic acids is 2. The minimum Gasteiger partial charge on any atom is -0.489 e.